The number of nitrogens with one attached hydrogen (secondary N) is 1. The first-order valence-electron chi connectivity index (χ1n) is 9.08. The molecule has 1 unspecified atom stereocenters. The summed E-state index contributed by atoms with van der Waals surface area (Å²) in [5, 5.41) is 11.4. The number of benzene rings is 1. The Balaban J connectivity index is 1.37. The molecule has 1 aromatic carbocycles. The van der Waals surface area contributed by atoms with Crippen molar-refractivity contribution in [3.8, 4) is 0 Å². The molecule has 2 aliphatic heterocycles. The van der Waals surface area contributed by atoms with Crippen molar-refractivity contribution in [3.05, 3.63) is 47.5 Å². The molecule has 138 valence electrons. The number of aromatic nitrogens is 3. The Morgan fingerprint density at radius 3 is 2.92 bits per heavy atom. The SMILES string of the molecule is O=C(c1cn(Cc2cccc(F)c2)nn1)N1CCC(N2CCNCC2)C1. The number of halogens is 1. The van der Waals surface area contributed by atoms with Crippen molar-refractivity contribution in [2.24, 2.45) is 0 Å². The number of piperazine rings is 1. The summed E-state index contributed by atoms with van der Waals surface area (Å²) < 4.78 is 14.9. The molecule has 0 radical (unpaired) electrons. The lowest BCUT2D eigenvalue weighted by molar-refractivity contribution is 0.0767. The third-order valence-corrected chi connectivity index (χ3v) is 5.11. The van der Waals surface area contributed by atoms with E-state index >= 15 is 0 Å². The number of carbonyl (C=O) groups is 1. The highest BCUT2D eigenvalue weighted by molar-refractivity contribution is 5.92. The van der Waals surface area contributed by atoms with E-state index in [1.165, 1.54) is 12.1 Å². The molecule has 1 N–H and O–H groups in total. The molecule has 2 fully saturated rings. The molecule has 1 amide bonds. The Morgan fingerprint density at radius 1 is 1.27 bits per heavy atom. The van der Waals surface area contributed by atoms with Crippen molar-refractivity contribution in [2.75, 3.05) is 39.3 Å². The largest absolute Gasteiger partial charge is 0.336 e. The van der Waals surface area contributed by atoms with Gasteiger partial charge in [-0.2, -0.15) is 0 Å². The zero-order chi connectivity index (χ0) is 17.9. The van der Waals surface area contributed by atoms with Gasteiger partial charge in [-0.25, -0.2) is 9.07 Å². The van der Waals surface area contributed by atoms with Crippen LogP contribution in [-0.4, -0.2) is 76.0 Å². The van der Waals surface area contributed by atoms with E-state index in [1.807, 2.05) is 11.0 Å². The fourth-order valence-corrected chi connectivity index (χ4v) is 3.73. The first-order chi connectivity index (χ1) is 12.7. The highest BCUT2D eigenvalue weighted by Gasteiger charge is 2.32. The first kappa shape index (κ1) is 17.1. The van der Waals surface area contributed by atoms with Crippen LogP contribution < -0.4 is 5.32 Å². The van der Waals surface area contributed by atoms with Crippen LogP contribution in [0.4, 0.5) is 4.39 Å². The molecule has 4 rings (SSSR count). The van der Waals surface area contributed by atoms with E-state index in [-0.39, 0.29) is 11.7 Å². The Morgan fingerprint density at radius 2 is 2.12 bits per heavy atom. The molecule has 0 bridgehead atoms. The summed E-state index contributed by atoms with van der Waals surface area (Å²) in [6.07, 6.45) is 2.65. The average molecular weight is 358 g/mol. The van der Waals surface area contributed by atoms with Crippen LogP contribution in [0.1, 0.15) is 22.5 Å². The van der Waals surface area contributed by atoms with Crippen molar-refractivity contribution in [2.45, 2.75) is 19.0 Å². The Kier molecular flexibility index (Phi) is 4.94. The summed E-state index contributed by atoms with van der Waals surface area (Å²) in [6, 6.07) is 6.78. The predicted octanol–water partition coefficient (Wildman–Crippen LogP) is 0.585. The van der Waals surface area contributed by atoms with Crippen LogP contribution in [0, 0.1) is 5.82 Å². The lowest BCUT2D eigenvalue weighted by Gasteiger charge is -2.32. The third kappa shape index (κ3) is 3.76. The maximum atomic E-state index is 13.3. The van der Waals surface area contributed by atoms with Crippen LogP contribution >= 0.6 is 0 Å². The van der Waals surface area contributed by atoms with Gasteiger partial charge in [0.2, 0.25) is 0 Å². The summed E-state index contributed by atoms with van der Waals surface area (Å²) in [5.41, 5.74) is 1.14. The highest BCUT2D eigenvalue weighted by Crippen LogP contribution is 2.18. The maximum absolute atomic E-state index is 13.3. The minimum absolute atomic E-state index is 0.0758. The smallest absolute Gasteiger partial charge is 0.276 e. The fourth-order valence-electron chi connectivity index (χ4n) is 3.73. The minimum atomic E-state index is -0.282. The minimum Gasteiger partial charge on any atom is -0.336 e. The molecule has 1 atom stereocenters. The van der Waals surface area contributed by atoms with Gasteiger partial charge in [-0.05, 0) is 24.1 Å². The van der Waals surface area contributed by atoms with E-state index in [0.717, 1.165) is 51.3 Å². The molecule has 2 saturated heterocycles. The second-order valence-corrected chi connectivity index (χ2v) is 6.91. The molecule has 0 aliphatic carbocycles. The standard InChI is InChI=1S/C18H23FN6O/c19-15-3-1-2-14(10-15)11-25-13-17(21-22-25)18(26)24-7-4-16(12-24)23-8-5-20-6-9-23/h1-3,10,13,16,20H,4-9,11-12H2. The van der Waals surface area contributed by atoms with E-state index in [9.17, 15) is 9.18 Å². The van der Waals surface area contributed by atoms with Crippen LogP contribution in [0.3, 0.4) is 0 Å². The van der Waals surface area contributed by atoms with Gasteiger partial charge in [-0.15, -0.1) is 5.10 Å². The van der Waals surface area contributed by atoms with Gasteiger partial charge in [0.05, 0.1) is 12.7 Å². The Hall–Kier alpha value is -2.32. The summed E-state index contributed by atoms with van der Waals surface area (Å²) >= 11 is 0. The van der Waals surface area contributed by atoms with E-state index in [2.05, 4.69) is 20.5 Å². The van der Waals surface area contributed by atoms with Gasteiger partial charge in [0.1, 0.15) is 5.82 Å². The monoisotopic (exact) mass is 358 g/mol. The summed E-state index contributed by atoms with van der Waals surface area (Å²) in [6.45, 7) is 5.99. The molecular formula is C18H23FN6O. The maximum Gasteiger partial charge on any atom is 0.276 e. The third-order valence-electron chi connectivity index (χ3n) is 5.11. The molecule has 26 heavy (non-hydrogen) atoms. The van der Waals surface area contributed by atoms with Crippen molar-refractivity contribution in [1.82, 2.24) is 30.1 Å². The highest BCUT2D eigenvalue weighted by atomic mass is 19.1. The van der Waals surface area contributed by atoms with Crippen LogP contribution in [0.25, 0.3) is 0 Å². The number of rotatable bonds is 4. The second kappa shape index (κ2) is 7.51. The zero-order valence-electron chi connectivity index (χ0n) is 14.6. The van der Waals surface area contributed by atoms with Crippen LogP contribution in [-0.2, 0) is 6.54 Å². The van der Waals surface area contributed by atoms with Crippen molar-refractivity contribution in [1.29, 1.82) is 0 Å². The number of nitrogens with zero attached hydrogens (tertiary/aromatic N) is 5. The first-order valence-corrected chi connectivity index (χ1v) is 9.08. The lowest BCUT2D eigenvalue weighted by Crippen LogP contribution is -2.49. The number of likely N-dealkylation sites (tertiary alicyclic amines) is 1. The quantitative estimate of drug-likeness (QED) is 0.866. The molecule has 7 nitrogen and oxygen atoms in total. The fraction of sp³-hybridized carbons (Fsp3) is 0.500. The van der Waals surface area contributed by atoms with E-state index < -0.39 is 0 Å². The van der Waals surface area contributed by atoms with Gasteiger partial charge in [-0.3, -0.25) is 9.69 Å². The average Bonchev–Trinajstić information content (AvgIpc) is 3.32. The zero-order valence-corrected chi connectivity index (χ0v) is 14.6. The van der Waals surface area contributed by atoms with Gasteiger partial charge in [0.25, 0.3) is 5.91 Å². The van der Waals surface area contributed by atoms with Gasteiger partial charge >= 0.3 is 0 Å². The van der Waals surface area contributed by atoms with Crippen LogP contribution in [0.15, 0.2) is 30.5 Å². The van der Waals surface area contributed by atoms with E-state index in [0.29, 0.717) is 18.3 Å². The van der Waals surface area contributed by atoms with Gasteiger partial charge in [-0.1, -0.05) is 17.3 Å². The number of hydrogen-bond acceptors (Lipinski definition) is 5. The molecule has 0 spiro atoms. The molecule has 3 heterocycles. The Labute approximate surface area is 151 Å². The molecule has 0 saturated carbocycles. The number of carbonyl (C=O) groups excluding carboxylic acids is 1. The second-order valence-electron chi connectivity index (χ2n) is 6.91. The number of hydrogen-bond donors (Lipinski definition) is 1. The van der Waals surface area contributed by atoms with Crippen LogP contribution in [0.5, 0.6) is 0 Å². The molecule has 2 aromatic rings. The van der Waals surface area contributed by atoms with E-state index in [1.54, 1.807) is 16.9 Å². The summed E-state index contributed by atoms with van der Waals surface area (Å²) in [7, 11) is 0. The molecule has 8 heteroatoms. The topological polar surface area (TPSA) is 66.3 Å². The van der Waals surface area contributed by atoms with Crippen molar-refractivity contribution in [3.63, 3.8) is 0 Å². The Bertz CT molecular complexity index is 773. The van der Waals surface area contributed by atoms with Gasteiger partial charge in [0.15, 0.2) is 5.69 Å². The normalized spacial score (nSPS) is 21.3. The van der Waals surface area contributed by atoms with Crippen molar-refractivity contribution < 1.29 is 9.18 Å². The lowest BCUT2D eigenvalue weighted by atomic mass is 10.2. The van der Waals surface area contributed by atoms with Gasteiger partial charge in [0, 0.05) is 45.3 Å². The van der Waals surface area contributed by atoms with Crippen LogP contribution in [0.2, 0.25) is 0 Å². The van der Waals surface area contributed by atoms with E-state index in [4.69, 9.17) is 0 Å². The molecule has 2 aliphatic rings. The predicted molar refractivity (Wildman–Crippen MR) is 94.3 cm³/mol. The molecule has 1 aromatic heterocycles. The van der Waals surface area contributed by atoms with Gasteiger partial charge < -0.3 is 10.2 Å². The number of amides is 1. The summed E-state index contributed by atoms with van der Waals surface area (Å²) in [5.74, 6) is -0.358. The molecular weight excluding hydrogens is 335 g/mol. The summed E-state index contributed by atoms with van der Waals surface area (Å²) in [4.78, 5) is 17.0. The van der Waals surface area contributed by atoms with Crippen molar-refractivity contribution >= 4 is 5.91 Å².